The Bertz CT molecular complexity index is 1110. The van der Waals surface area contributed by atoms with Gasteiger partial charge in [-0.05, 0) is 25.8 Å². The Hall–Kier alpha value is -3.31. The van der Waals surface area contributed by atoms with Gasteiger partial charge in [0.2, 0.25) is 11.6 Å². The van der Waals surface area contributed by atoms with Crippen molar-refractivity contribution in [1.82, 2.24) is 14.9 Å². The van der Waals surface area contributed by atoms with Gasteiger partial charge in [0.05, 0.1) is 12.3 Å². The number of aromatic nitrogens is 2. The summed E-state index contributed by atoms with van der Waals surface area (Å²) in [5, 5.41) is 29.0. The summed E-state index contributed by atoms with van der Waals surface area (Å²) >= 11 is 1.48. The maximum absolute atomic E-state index is 12.9. The van der Waals surface area contributed by atoms with Crippen molar-refractivity contribution in [2.24, 2.45) is 0 Å². The van der Waals surface area contributed by atoms with E-state index in [2.05, 4.69) is 15.6 Å². The number of ketones is 1. The number of amides is 1. The van der Waals surface area contributed by atoms with Gasteiger partial charge in [-0.15, -0.1) is 11.8 Å². The fourth-order valence-electron chi connectivity index (χ4n) is 3.17. The van der Waals surface area contributed by atoms with E-state index >= 15 is 0 Å². The number of nitrogens with zero attached hydrogens (tertiary/aromatic N) is 2. The summed E-state index contributed by atoms with van der Waals surface area (Å²) < 4.78 is 1.25. The minimum absolute atomic E-state index is 0.0429. The summed E-state index contributed by atoms with van der Waals surface area (Å²) in [7, 11) is 0. The maximum atomic E-state index is 12.9. The molecule has 0 bridgehead atoms. The van der Waals surface area contributed by atoms with Crippen LogP contribution in [0.3, 0.4) is 0 Å². The Morgan fingerprint density at radius 2 is 1.94 bits per heavy atom. The highest BCUT2D eigenvalue weighted by molar-refractivity contribution is 7.99. The topological polar surface area (TPSA) is 163 Å². The molecule has 188 valence electrons. The van der Waals surface area contributed by atoms with Crippen LogP contribution in [0.5, 0.6) is 0 Å². The fourth-order valence-corrected chi connectivity index (χ4v) is 4.03. The Labute approximate surface area is 208 Å². The van der Waals surface area contributed by atoms with Crippen LogP contribution in [0.15, 0.2) is 47.5 Å². The molecule has 11 heteroatoms. The summed E-state index contributed by atoms with van der Waals surface area (Å²) in [5.41, 5.74) is -0.944. The van der Waals surface area contributed by atoms with E-state index in [1.165, 1.54) is 42.6 Å². The van der Waals surface area contributed by atoms with Gasteiger partial charge in [-0.25, -0.2) is 4.98 Å². The third-order valence-corrected chi connectivity index (χ3v) is 6.17. The van der Waals surface area contributed by atoms with E-state index in [1.54, 1.807) is 6.92 Å². The van der Waals surface area contributed by atoms with Crippen molar-refractivity contribution in [3.05, 3.63) is 58.6 Å². The van der Waals surface area contributed by atoms with Gasteiger partial charge < -0.3 is 15.7 Å². The van der Waals surface area contributed by atoms with E-state index in [9.17, 15) is 19.5 Å². The molecule has 2 aromatic rings. The molecule has 0 radical (unpaired) electrons. The van der Waals surface area contributed by atoms with E-state index in [0.717, 1.165) is 5.56 Å². The number of anilines is 1. The molecule has 10 nitrogen and oxygen atoms in total. The molecule has 0 saturated carbocycles. The number of Topliss-reactive ketones (excluding diaryl/α,β-unsaturated/α-hetero) is 1. The molecular weight excluding hydrogens is 468 g/mol. The molecule has 0 aliphatic carbocycles. The first-order valence-corrected chi connectivity index (χ1v) is 12.3. The second-order valence-electron chi connectivity index (χ2n) is 8.46. The lowest BCUT2D eigenvalue weighted by molar-refractivity contribution is -0.127. The molecule has 1 amide bonds. The predicted molar refractivity (Wildman–Crippen MR) is 138 cm³/mol. The smallest absolute Gasteiger partial charge is 0.294 e. The molecule has 0 fully saturated rings. The Morgan fingerprint density at radius 1 is 1.26 bits per heavy atom. The first kappa shape index (κ1) is 27.9. The molecule has 1 atom stereocenters. The Kier molecular flexibility index (Phi) is 10.3. The standard InChI is InChI=1S/C24H32N6O4S/c1-4-19(22(32)29-12-17(31)15-35-14-16-8-6-5-7-9-16)30-11-10-27-21(23(30)33)28-13-18(25)20(26)24(2,3)34/h5-11,19,25-26,34H,4,12-15H2,1-3H3,(H,27,28)(H,29,32)/p+1. The van der Waals surface area contributed by atoms with Crippen molar-refractivity contribution in [3.8, 4) is 0 Å². The summed E-state index contributed by atoms with van der Waals surface area (Å²) in [6.07, 6.45) is 3.11. The second kappa shape index (κ2) is 13.0. The van der Waals surface area contributed by atoms with Gasteiger partial charge in [-0.1, -0.05) is 37.3 Å². The van der Waals surface area contributed by atoms with E-state index in [4.69, 9.17) is 10.8 Å². The van der Waals surface area contributed by atoms with Crippen molar-refractivity contribution in [3.63, 3.8) is 0 Å². The zero-order valence-electron chi connectivity index (χ0n) is 20.2. The molecule has 1 aromatic heterocycles. The molecule has 1 heterocycles. The molecule has 0 saturated heterocycles. The van der Waals surface area contributed by atoms with Crippen molar-refractivity contribution in [2.45, 2.75) is 44.6 Å². The number of hydrogen-bond donors (Lipinski definition) is 5. The van der Waals surface area contributed by atoms with Gasteiger partial charge >= 0.3 is 0 Å². The number of benzene rings is 1. The molecule has 6 N–H and O–H groups in total. The number of carbonyl (C=O) groups is 2. The van der Waals surface area contributed by atoms with Gasteiger partial charge in [0, 0.05) is 18.1 Å². The summed E-state index contributed by atoms with van der Waals surface area (Å²) in [4.78, 5) is 41.9. The van der Waals surface area contributed by atoms with Crippen LogP contribution < -0.4 is 21.6 Å². The predicted octanol–water partition coefficient (Wildman–Crippen LogP) is 0.216. The molecule has 0 aliphatic rings. The van der Waals surface area contributed by atoms with E-state index in [0.29, 0.717) is 12.2 Å². The third kappa shape index (κ3) is 8.45. The fraction of sp³-hybridized carbons (Fsp3) is 0.417. The van der Waals surface area contributed by atoms with Crippen LogP contribution >= 0.6 is 11.8 Å². The lowest BCUT2D eigenvalue weighted by Crippen LogP contribution is -2.54. The lowest BCUT2D eigenvalue weighted by atomic mass is 9.99. The van der Waals surface area contributed by atoms with Crippen molar-refractivity contribution in [2.75, 3.05) is 24.2 Å². The zero-order valence-corrected chi connectivity index (χ0v) is 21.0. The minimum atomic E-state index is -1.42. The van der Waals surface area contributed by atoms with E-state index in [1.807, 2.05) is 30.3 Å². The third-order valence-electron chi connectivity index (χ3n) is 5.11. The first-order chi connectivity index (χ1) is 16.5. The Balaban J connectivity index is 1.94. The molecule has 35 heavy (non-hydrogen) atoms. The Morgan fingerprint density at radius 3 is 2.57 bits per heavy atom. The van der Waals surface area contributed by atoms with Crippen LogP contribution in [-0.2, 0) is 15.3 Å². The highest BCUT2D eigenvalue weighted by Crippen LogP contribution is 2.12. The average Bonchev–Trinajstić information content (AvgIpc) is 2.82. The van der Waals surface area contributed by atoms with Gasteiger partial charge in [0.25, 0.3) is 5.56 Å². The summed E-state index contributed by atoms with van der Waals surface area (Å²) in [6, 6.07) is 8.98. The molecule has 1 aromatic carbocycles. The monoisotopic (exact) mass is 501 g/mol. The van der Waals surface area contributed by atoms with Crippen LogP contribution in [-0.4, -0.2) is 62.2 Å². The molecular formula is C24H33N6O4S+. The second-order valence-corrected chi connectivity index (χ2v) is 9.45. The number of hydrogen-bond acceptors (Lipinski definition) is 8. The lowest BCUT2D eigenvalue weighted by Gasteiger charge is -2.19. The summed E-state index contributed by atoms with van der Waals surface area (Å²) in [6.45, 7) is 4.44. The van der Waals surface area contributed by atoms with Crippen LogP contribution in [0.25, 0.3) is 0 Å². The van der Waals surface area contributed by atoms with Crippen LogP contribution in [0.2, 0.25) is 0 Å². The van der Waals surface area contributed by atoms with Crippen LogP contribution in [0.1, 0.15) is 38.8 Å². The molecule has 2 rings (SSSR count). The largest absolute Gasteiger partial charge is 0.384 e. The zero-order chi connectivity index (χ0) is 26.0. The number of nitrogens with two attached hydrogens (primary N) is 1. The molecule has 1 unspecified atom stereocenters. The number of rotatable bonds is 14. The number of nitrogens with one attached hydrogen (secondary N) is 3. The van der Waals surface area contributed by atoms with Crippen LogP contribution in [0.4, 0.5) is 5.82 Å². The van der Waals surface area contributed by atoms with Gasteiger partial charge in [-0.2, -0.15) is 0 Å². The van der Waals surface area contributed by atoms with Crippen molar-refractivity contribution < 1.29 is 20.1 Å². The first-order valence-electron chi connectivity index (χ1n) is 11.2. The summed E-state index contributed by atoms with van der Waals surface area (Å²) in [5.74, 6) is 0.380. The normalized spacial score (nSPS) is 12.0. The van der Waals surface area contributed by atoms with Crippen molar-refractivity contribution in [1.29, 1.82) is 5.41 Å². The number of carbonyl (C=O) groups excluding carboxylic acids is 2. The maximum Gasteiger partial charge on any atom is 0.294 e. The molecule has 0 spiro atoms. The number of aliphatic hydroxyl groups is 1. The van der Waals surface area contributed by atoms with Gasteiger partial charge in [0.15, 0.2) is 11.6 Å². The molecule has 0 aliphatic heterocycles. The van der Waals surface area contributed by atoms with Gasteiger partial charge in [-0.3, -0.25) is 29.8 Å². The SMILES string of the molecule is CCC(C(=O)NCC(=O)CSCc1ccccc1)n1ccnc(NCC(=[NH2+])C(=N)C(C)(C)O)c1=O. The van der Waals surface area contributed by atoms with E-state index in [-0.39, 0.29) is 41.9 Å². The van der Waals surface area contributed by atoms with Crippen molar-refractivity contribution >= 4 is 40.7 Å². The van der Waals surface area contributed by atoms with Crippen LogP contribution in [0, 0.1) is 5.41 Å². The van der Waals surface area contributed by atoms with Gasteiger partial charge in [0.1, 0.15) is 23.9 Å². The minimum Gasteiger partial charge on any atom is -0.384 e. The highest BCUT2D eigenvalue weighted by Gasteiger charge is 2.27. The quantitative estimate of drug-likeness (QED) is 0.231. The van der Waals surface area contributed by atoms with E-state index < -0.39 is 23.1 Å². The average molecular weight is 502 g/mol. The highest BCUT2D eigenvalue weighted by atomic mass is 32.2. The number of thioether (sulfide) groups is 1.